The molecule has 0 unspecified atom stereocenters. The van der Waals surface area contributed by atoms with Gasteiger partial charge in [-0.1, -0.05) is 81.8 Å². The van der Waals surface area contributed by atoms with Gasteiger partial charge in [0, 0.05) is 34.2 Å². The normalized spacial score (nSPS) is 23.3. The molecule has 2 aliphatic carbocycles. The first-order valence-corrected chi connectivity index (χ1v) is 13.0. The van der Waals surface area contributed by atoms with E-state index in [1.807, 2.05) is 31.2 Å². The van der Waals surface area contributed by atoms with Crippen molar-refractivity contribution in [1.29, 1.82) is 0 Å². The summed E-state index contributed by atoms with van der Waals surface area (Å²) < 4.78 is 2.29. The predicted octanol–water partition coefficient (Wildman–Crippen LogP) is 5.83. The minimum absolute atomic E-state index is 0.0654. The molecule has 1 aromatic heterocycles. The number of aromatic nitrogens is 2. The Bertz CT molecular complexity index is 1370. The van der Waals surface area contributed by atoms with Crippen LogP contribution in [0.1, 0.15) is 62.5 Å². The zero-order valence-corrected chi connectivity index (χ0v) is 22.0. The van der Waals surface area contributed by atoms with Crippen LogP contribution in [0.25, 0.3) is 11.4 Å². The number of amides is 1. The van der Waals surface area contributed by atoms with Gasteiger partial charge in [-0.2, -0.15) is 0 Å². The number of carbonyl (C=O) groups excluding carboxylic acids is 2. The van der Waals surface area contributed by atoms with Crippen molar-refractivity contribution in [1.82, 2.24) is 9.55 Å². The van der Waals surface area contributed by atoms with Gasteiger partial charge in [0.2, 0.25) is 0 Å². The van der Waals surface area contributed by atoms with E-state index in [0.717, 1.165) is 41.2 Å². The maximum atomic E-state index is 12.9. The minimum atomic E-state index is -0.663. The number of primary amides is 1. The van der Waals surface area contributed by atoms with Gasteiger partial charge in [0.15, 0.2) is 5.78 Å². The molecule has 0 spiro atoms. The lowest BCUT2D eigenvalue weighted by Gasteiger charge is -2.44. The van der Waals surface area contributed by atoms with Gasteiger partial charge in [-0.25, -0.2) is 4.98 Å². The molecule has 2 N–H and O–H groups in total. The molecule has 0 fully saturated rings. The molecule has 0 aliphatic heterocycles. The summed E-state index contributed by atoms with van der Waals surface area (Å²) in [6, 6.07) is 16.5. The Hall–Kier alpha value is -3.18. The average Bonchev–Trinajstić information content (AvgIpc) is 3.22. The third-order valence-electron chi connectivity index (χ3n) is 8.13. The molecule has 6 heteroatoms. The summed E-state index contributed by atoms with van der Waals surface area (Å²) >= 11 is 6.14. The summed E-state index contributed by atoms with van der Waals surface area (Å²) in [7, 11) is 0. The number of carbonyl (C=O) groups is 2. The van der Waals surface area contributed by atoms with Crippen LogP contribution >= 0.6 is 11.6 Å². The number of benzene rings is 2. The van der Waals surface area contributed by atoms with E-state index >= 15 is 0 Å². The van der Waals surface area contributed by atoms with E-state index < -0.39 is 11.3 Å². The summed E-state index contributed by atoms with van der Waals surface area (Å²) in [6.45, 7) is 9.05. The highest BCUT2D eigenvalue weighted by Gasteiger charge is 2.50. The van der Waals surface area contributed by atoms with Crippen LogP contribution < -0.4 is 5.73 Å². The SMILES string of the molecule is CC(C)c1ccc(-c2nc3c(n2Cc2ccc(Cl)cc2)CC[C@@H]2[C@@H](C)C(=O)C(C(N)=O)=C[C@@]32C)cc1. The monoisotopic (exact) mass is 501 g/mol. The second kappa shape index (κ2) is 9.04. The predicted molar refractivity (Wildman–Crippen MR) is 143 cm³/mol. The molecular formula is C30H32ClN3O2. The lowest BCUT2D eigenvalue weighted by molar-refractivity contribution is -0.125. The van der Waals surface area contributed by atoms with Gasteiger partial charge in [0.25, 0.3) is 5.91 Å². The molecule has 36 heavy (non-hydrogen) atoms. The third kappa shape index (κ3) is 4.00. The molecule has 3 atom stereocenters. The Morgan fingerprint density at radius 2 is 1.83 bits per heavy atom. The van der Waals surface area contributed by atoms with E-state index in [1.165, 1.54) is 5.56 Å². The number of allylic oxidation sites excluding steroid dienone is 1. The highest BCUT2D eigenvalue weighted by molar-refractivity contribution is 6.30. The van der Waals surface area contributed by atoms with Crippen molar-refractivity contribution in [2.75, 3.05) is 0 Å². The molecular weight excluding hydrogens is 470 g/mol. The maximum absolute atomic E-state index is 12.9. The zero-order chi connectivity index (χ0) is 25.8. The van der Waals surface area contributed by atoms with Gasteiger partial charge in [0.05, 0.1) is 11.3 Å². The first-order chi connectivity index (χ1) is 17.1. The smallest absolute Gasteiger partial charge is 0.252 e. The molecule has 2 aromatic carbocycles. The molecule has 0 saturated carbocycles. The maximum Gasteiger partial charge on any atom is 0.252 e. The molecule has 0 saturated heterocycles. The first-order valence-electron chi connectivity index (χ1n) is 12.6. The van der Waals surface area contributed by atoms with Crippen LogP contribution in [0.3, 0.4) is 0 Å². The highest BCUT2D eigenvalue weighted by atomic mass is 35.5. The zero-order valence-electron chi connectivity index (χ0n) is 21.2. The van der Waals surface area contributed by atoms with Crippen molar-refractivity contribution < 1.29 is 9.59 Å². The van der Waals surface area contributed by atoms with Crippen LogP contribution in [0.15, 0.2) is 60.2 Å². The topological polar surface area (TPSA) is 78.0 Å². The van der Waals surface area contributed by atoms with Crippen molar-refractivity contribution >= 4 is 23.3 Å². The molecule has 1 heterocycles. The second-order valence-electron chi connectivity index (χ2n) is 10.7. The minimum Gasteiger partial charge on any atom is -0.365 e. The van der Waals surface area contributed by atoms with Crippen molar-refractivity contribution in [2.45, 2.75) is 58.4 Å². The molecule has 5 rings (SSSR count). The van der Waals surface area contributed by atoms with Gasteiger partial charge in [0.1, 0.15) is 5.82 Å². The number of Topliss-reactive ketones (excluding diaryl/α,β-unsaturated/α-hetero) is 1. The molecule has 0 radical (unpaired) electrons. The van der Waals surface area contributed by atoms with Crippen LogP contribution in [-0.2, 0) is 28.0 Å². The fourth-order valence-corrected chi connectivity index (χ4v) is 6.18. The van der Waals surface area contributed by atoms with Gasteiger partial charge in [-0.05, 0) is 47.9 Å². The highest BCUT2D eigenvalue weighted by Crippen LogP contribution is 2.50. The fraction of sp³-hybridized carbons (Fsp3) is 0.367. The van der Waals surface area contributed by atoms with Crippen LogP contribution in [0.4, 0.5) is 0 Å². The van der Waals surface area contributed by atoms with Gasteiger partial charge in [-0.15, -0.1) is 0 Å². The van der Waals surface area contributed by atoms with Crippen molar-refractivity contribution in [2.24, 2.45) is 17.6 Å². The molecule has 186 valence electrons. The Morgan fingerprint density at radius 3 is 2.44 bits per heavy atom. The van der Waals surface area contributed by atoms with Crippen molar-refractivity contribution in [3.05, 3.63) is 87.7 Å². The standard InChI is InChI=1S/C30H32ClN3O2/c1-17(2)20-7-9-21(10-8-20)29-33-27-25(34(29)16-19-5-11-22(31)12-6-19)14-13-24-18(3)26(35)23(28(32)36)15-30(24,27)4/h5-12,15,17-18,24H,13-14,16H2,1-4H3,(H2,32,36)/t18-,24-,30-/m1/s1. The van der Waals surface area contributed by atoms with E-state index in [9.17, 15) is 9.59 Å². The second-order valence-corrected chi connectivity index (χ2v) is 11.2. The Morgan fingerprint density at radius 1 is 1.17 bits per heavy atom. The Kier molecular flexibility index (Phi) is 6.16. The summed E-state index contributed by atoms with van der Waals surface area (Å²) in [6.07, 6.45) is 3.46. The Balaban J connectivity index is 1.70. The fourth-order valence-electron chi connectivity index (χ4n) is 6.06. The Labute approximate surface area is 217 Å². The van der Waals surface area contributed by atoms with Crippen molar-refractivity contribution in [3.8, 4) is 11.4 Å². The van der Waals surface area contributed by atoms with Gasteiger partial charge < -0.3 is 10.3 Å². The molecule has 2 aliphatic rings. The van der Waals surface area contributed by atoms with Gasteiger partial charge >= 0.3 is 0 Å². The number of nitrogens with two attached hydrogens (primary N) is 1. The van der Waals surface area contributed by atoms with E-state index in [2.05, 4.69) is 49.6 Å². The summed E-state index contributed by atoms with van der Waals surface area (Å²) in [5.41, 5.74) is 10.7. The molecule has 3 aromatic rings. The van der Waals surface area contributed by atoms with E-state index in [1.54, 1.807) is 6.08 Å². The largest absolute Gasteiger partial charge is 0.365 e. The number of hydrogen-bond donors (Lipinski definition) is 1. The molecule has 1 amide bonds. The van der Waals surface area contributed by atoms with Crippen LogP contribution in [-0.4, -0.2) is 21.2 Å². The summed E-state index contributed by atoms with van der Waals surface area (Å²) in [5, 5.41) is 0.705. The summed E-state index contributed by atoms with van der Waals surface area (Å²) in [5.74, 6) is 0.300. The lowest BCUT2D eigenvalue weighted by Crippen LogP contribution is -2.47. The van der Waals surface area contributed by atoms with Crippen LogP contribution in [0.2, 0.25) is 5.02 Å². The number of hydrogen-bond acceptors (Lipinski definition) is 3. The number of halogens is 1. The summed E-state index contributed by atoms with van der Waals surface area (Å²) in [4.78, 5) is 30.4. The molecule has 5 nitrogen and oxygen atoms in total. The van der Waals surface area contributed by atoms with Crippen LogP contribution in [0, 0.1) is 11.8 Å². The van der Waals surface area contributed by atoms with Crippen LogP contribution in [0.5, 0.6) is 0 Å². The van der Waals surface area contributed by atoms with E-state index in [0.29, 0.717) is 17.5 Å². The number of rotatable bonds is 5. The number of ketones is 1. The number of fused-ring (bicyclic) bond motifs is 3. The van der Waals surface area contributed by atoms with E-state index in [-0.39, 0.29) is 23.2 Å². The van der Waals surface area contributed by atoms with E-state index in [4.69, 9.17) is 22.3 Å². The number of imidazole rings is 1. The van der Waals surface area contributed by atoms with Gasteiger partial charge in [-0.3, -0.25) is 9.59 Å². The first kappa shape index (κ1) is 24.5. The third-order valence-corrected chi connectivity index (χ3v) is 8.38. The van der Waals surface area contributed by atoms with Crippen molar-refractivity contribution in [3.63, 3.8) is 0 Å². The quantitative estimate of drug-likeness (QED) is 0.447. The lowest BCUT2D eigenvalue weighted by atomic mass is 9.58. The average molecular weight is 502 g/mol. The molecule has 0 bridgehead atoms. The number of nitrogens with zero attached hydrogens (tertiary/aromatic N) is 2.